The maximum absolute atomic E-state index is 13.5. The second-order valence-corrected chi connectivity index (χ2v) is 3.80. The molecule has 1 aromatic heterocycles. The number of benzene rings is 1. The van der Waals surface area contributed by atoms with Crippen LogP contribution in [0.5, 0.6) is 11.6 Å². The highest BCUT2D eigenvalue weighted by atomic mass is 19.1. The molecule has 0 atom stereocenters. The molecule has 2 rings (SSSR count). The highest BCUT2D eigenvalue weighted by molar-refractivity contribution is 5.87. The summed E-state index contributed by atoms with van der Waals surface area (Å²) >= 11 is 0. The van der Waals surface area contributed by atoms with Crippen LogP contribution in [0.25, 0.3) is 0 Å². The molecule has 108 valence electrons. The Morgan fingerprint density at radius 1 is 1.29 bits per heavy atom. The fourth-order valence-electron chi connectivity index (χ4n) is 1.50. The zero-order valence-corrected chi connectivity index (χ0v) is 10.8. The molecule has 0 unspecified atom stereocenters. The lowest BCUT2D eigenvalue weighted by Crippen LogP contribution is -2.06. The Bertz CT molecular complexity index is 705. The molecule has 0 spiro atoms. The molecule has 7 nitrogen and oxygen atoms in total. The van der Waals surface area contributed by atoms with Gasteiger partial charge in [-0.05, 0) is 18.2 Å². The minimum Gasteiger partial charge on any atom is -0.464 e. The van der Waals surface area contributed by atoms with Gasteiger partial charge in [0.25, 0.3) is 0 Å². The molecule has 0 aliphatic heterocycles. The summed E-state index contributed by atoms with van der Waals surface area (Å²) in [6.45, 7) is 0. The third kappa shape index (κ3) is 3.11. The van der Waals surface area contributed by atoms with E-state index in [1.165, 1.54) is 18.2 Å². The number of hydrogen-bond acceptors (Lipinski definition) is 6. The van der Waals surface area contributed by atoms with Crippen LogP contribution in [0.15, 0.2) is 36.4 Å². The van der Waals surface area contributed by atoms with E-state index in [0.717, 1.165) is 25.3 Å². The summed E-state index contributed by atoms with van der Waals surface area (Å²) in [5.41, 5.74) is -0.680. The minimum absolute atomic E-state index is 0.186. The monoisotopic (exact) mass is 292 g/mol. The standard InChI is InChI=1S/C13H9FN2O5/c1-20-13(17)9-6-7-10(16(18)19)12(15-9)21-11-5-3-2-4-8(11)14/h2-7H,1H3. The molecule has 0 bridgehead atoms. The Kier molecular flexibility index (Phi) is 4.07. The van der Waals surface area contributed by atoms with E-state index >= 15 is 0 Å². The van der Waals surface area contributed by atoms with Crippen molar-refractivity contribution in [1.29, 1.82) is 0 Å². The van der Waals surface area contributed by atoms with Crippen LogP contribution in [-0.4, -0.2) is 23.0 Å². The van der Waals surface area contributed by atoms with E-state index in [2.05, 4.69) is 9.72 Å². The molecule has 0 N–H and O–H groups in total. The lowest BCUT2D eigenvalue weighted by Gasteiger charge is -2.07. The molecular weight excluding hydrogens is 283 g/mol. The zero-order valence-electron chi connectivity index (χ0n) is 10.8. The number of hydrogen-bond donors (Lipinski definition) is 0. The number of halogens is 1. The SMILES string of the molecule is COC(=O)c1ccc([N+](=O)[O-])c(Oc2ccccc2F)n1. The van der Waals surface area contributed by atoms with Gasteiger partial charge in [0.2, 0.25) is 0 Å². The van der Waals surface area contributed by atoms with Crippen molar-refractivity contribution in [2.24, 2.45) is 0 Å². The number of nitro groups is 1. The average Bonchev–Trinajstić information content (AvgIpc) is 2.48. The fourth-order valence-corrected chi connectivity index (χ4v) is 1.50. The molecule has 0 saturated carbocycles. The van der Waals surface area contributed by atoms with Gasteiger partial charge in [0.15, 0.2) is 17.3 Å². The van der Waals surface area contributed by atoms with Crippen molar-refractivity contribution in [2.45, 2.75) is 0 Å². The molecule has 0 aliphatic carbocycles. The van der Waals surface area contributed by atoms with Crippen LogP contribution < -0.4 is 4.74 Å². The molecule has 8 heteroatoms. The van der Waals surface area contributed by atoms with Gasteiger partial charge >= 0.3 is 17.5 Å². The van der Waals surface area contributed by atoms with Crippen molar-refractivity contribution >= 4 is 11.7 Å². The van der Waals surface area contributed by atoms with E-state index in [-0.39, 0.29) is 11.4 Å². The quantitative estimate of drug-likeness (QED) is 0.488. The number of nitrogens with zero attached hydrogens (tertiary/aromatic N) is 2. The second kappa shape index (κ2) is 5.95. The fraction of sp³-hybridized carbons (Fsp3) is 0.0769. The van der Waals surface area contributed by atoms with Crippen LogP contribution in [0.3, 0.4) is 0 Å². The van der Waals surface area contributed by atoms with Gasteiger partial charge in [0.05, 0.1) is 12.0 Å². The zero-order chi connectivity index (χ0) is 15.4. The Hall–Kier alpha value is -3.03. The normalized spacial score (nSPS) is 10.0. The maximum Gasteiger partial charge on any atom is 0.356 e. The predicted octanol–water partition coefficient (Wildman–Crippen LogP) is 2.71. The number of ether oxygens (including phenoxy) is 2. The molecule has 2 aromatic rings. The molecule has 1 aromatic carbocycles. The third-order valence-electron chi connectivity index (χ3n) is 2.47. The van der Waals surface area contributed by atoms with Crippen LogP contribution in [0.4, 0.5) is 10.1 Å². The molecule has 0 amide bonds. The van der Waals surface area contributed by atoms with Crippen molar-refractivity contribution in [3.05, 3.63) is 58.0 Å². The van der Waals surface area contributed by atoms with Crippen molar-refractivity contribution in [3.8, 4) is 11.6 Å². The molecule has 0 fully saturated rings. The number of pyridine rings is 1. The summed E-state index contributed by atoms with van der Waals surface area (Å²) in [7, 11) is 1.14. The molecular formula is C13H9FN2O5. The number of methoxy groups -OCH3 is 1. The van der Waals surface area contributed by atoms with Gasteiger partial charge < -0.3 is 9.47 Å². The van der Waals surface area contributed by atoms with Crippen LogP contribution in [-0.2, 0) is 4.74 Å². The van der Waals surface area contributed by atoms with Crippen molar-refractivity contribution in [3.63, 3.8) is 0 Å². The minimum atomic E-state index is -0.789. The van der Waals surface area contributed by atoms with E-state index < -0.39 is 28.3 Å². The van der Waals surface area contributed by atoms with E-state index in [9.17, 15) is 19.3 Å². The number of carbonyl (C=O) groups excluding carboxylic acids is 1. The van der Waals surface area contributed by atoms with Crippen LogP contribution in [0.1, 0.15) is 10.5 Å². The second-order valence-electron chi connectivity index (χ2n) is 3.80. The van der Waals surface area contributed by atoms with Crippen molar-refractivity contribution in [1.82, 2.24) is 4.98 Å². The summed E-state index contributed by atoms with van der Waals surface area (Å²) in [5, 5.41) is 10.9. The summed E-state index contributed by atoms with van der Waals surface area (Å²) in [6.07, 6.45) is 0. The lowest BCUT2D eigenvalue weighted by atomic mass is 10.3. The Morgan fingerprint density at radius 2 is 2.00 bits per heavy atom. The number of carbonyl (C=O) groups is 1. The lowest BCUT2D eigenvalue weighted by molar-refractivity contribution is -0.386. The van der Waals surface area contributed by atoms with E-state index in [4.69, 9.17) is 4.74 Å². The topological polar surface area (TPSA) is 91.6 Å². The first kappa shape index (κ1) is 14.4. The first-order valence-electron chi connectivity index (χ1n) is 5.69. The first-order chi connectivity index (χ1) is 10.0. The number of aromatic nitrogens is 1. The molecule has 0 radical (unpaired) electrons. The predicted molar refractivity (Wildman–Crippen MR) is 68.7 cm³/mol. The Balaban J connectivity index is 2.46. The summed E-state index contributed by atoms with van der Waals surface area (Å²) in [6, 6.07) is 7.51. The summed E-state index contributed by atoms with van der Waals surface area (Å²) < 4.78 is 23.1. The summed E-state index contributed by atoms with van der Waals surface area (Å²) in [4.78, 5) is 25.3. The average molecular weight is 292 g/mol. The van der Waals surface area contributed by atoms with Crippen molar-refractivity contribution in [2.75, 3.05) is 7.11 Å². The van der Waals surface area contributed by atoms with Gasteiger partial charge in [-0.15, -0.1) is 0 Å². The van der Waals surface area contributed by atoms with Gasteiger partial charge in [-0.2, -0.15) is 4.98 Å². The smallest absolute Gasteiger partial charge is 0.356 e. The highest BCUT2D eigenvalue weighted by Gasteiger charge is 2.22. The van der Waals surface area contributed by atoms with E-state index in [1.807, 2.05) is 0 Å². The third-order valence-corrected chi connectivity index (χ3v) is 2.47. The van der Waals surface area contributed by atoms with E-state index in [0.29, 0.717) is 0 Å². The number of para-hydroxylation sites is 1. The van der Waals surface area contributed by atoms with Gasteiger partial charge in [-0.25, -0.2) is 9.18 Å². The summed E-state index contributed by atoms with van der Waals surface area (Å²) in [5.74, 6) is -2.23. The van der Waals surface area contributed by atoms with Crippen LogP contribution in [0, 0.1) is 15.9 Å². The molecule has 0 aliphatic rings. The van der Waals surface area contributed by atoms with Gasteiger partial charge in [0.1, 0.15) is 0 Å². The van der Waals surface area contributed by atoms with Gasteiger partial charge in [-0.3, -0.25) is 10.1 Å². The Morgan fingerprint density at radius 3 is 2.62 bits per heavy atom. The van der Waals surface area contributed by atoms with Gasteiger partial charge in [-0.1, -0.05) is 12.1 Å². The van der Waals surface area contributed by atoms with Gasteiger partial charge in [0, 0.05) is 6.07 Å². The van der Waals surface area contributed by atoms with Crippen LogP contribution >= 0.6 is 0 Å². The van der Waals surface area contributed by atoms with Crippen LogP contribution in [0.2, 0.25) is 0 Å². The molecule has 1 heterocycles. The largest absolute Gasteiger partial charge is 0.464 e. The highest BCUT2D eigenvalue weighted by Crippen LogP contribution is 2.30. The van der Waals surface area contributed by atoms with Crippen molar-refractivity contribution < 1.29 is 23.6 Å². The Labute approximate surface area is 118 Å². The number of rotatable bonds is 4. The molecule has 21 heavy (non-hydrogen) atoms. The maximum atomic E-state index is 13.5. The molecule has 0 saturated heterocycles. The first-order valence-corrected chi connectivity index (χ1v) is 5.69. The number of esters is 1. The van der Waals surface area contributed by atoms with E-state index in [1.54, 1.807) is 0 Å².